The molecule has 0 aromatic heterocycles. The predicted molar refractivity (Wildman–Crippen MR) is 117 cm³/mol. The Kier molecular flexibility index (Phi) is 8.78. The number of nitrogens with zero attached hydrogens (tertiary/aromatic N) is 2. The fraction of sp³-hybridized carbons (Fsp3) is 0.391. The Labute approximate surface area is 181 Å². The smallest absolute Gasteiger partial charge is 0.387 e. The topological polar surface area (TPSA) is 77.2 Å². The van der Waals surface area contributed by atoms with E-state index in [1.165, 1.54) is 18.0 Å². The summed E-state index contributed by atoms with van der Waals surface area (Å²) in [5.41, 5.74) is 8.20. The highest BCUT2D eigenvalue weighted by Gasteiger charge is 2.22. The van der Waals surface area contributed by atoms with Crippen LogP contribution in [-0.4, -0.2) is 37.5 Å². The third-order valence-corrected chi connectivity index (χ3v) is 4.22. The van der Waals surface area contributed by atoms with Gasteiger partial charge in [-0.15, -0.1) is 0 Å². The molecular weight excluding hydrogens is 404 g/mol. The molecule has 0 bridgehead atoms. The van der Waals surface area contributed by atoms with Crippen LogP contribution in [0.4, 0.5) is 8.78 Å². The first-order valence-corrected chi connectivity index (χ1v) is 10.0. The highest BCUT2D eigenvalue weighted by molar-refractivity contribution is 5.87. The third kappa shape index (κ3) is 7.24. The number of fused-ring (bicyclic) bond motifs is 1. The number of carbonyl (C=O) groups excluding carboxylic acids is 1. The van der Waals surface area contributed by atoms with E-state index in [1.807, 2.05) is 18.2 Å². The fourth-order valence-corrected chi connectivity index (χ4v) is 2.85. The molecule has 31 heavy (non-hydrogen) atoms. The van der Waals surface area contributed by atoms with E-state index in [9.17, 15) is 13.6 Å². The maximum atomic E-state index is 12.5. The molecule has 2 N–H and O–H groups in total. The molecule has 8 heteroatoms. The van der Waals surface area contributed by atoms with E-state index in [2.05, 4.69) is 30.5 Å². The average Bonchev–Trinajstić information content (AvgIpc) is 2.72. The molecule has 1 unspecified atom stereocenters. The van der Waals surface area contributed by atoms with Crippen LogP contribution in [0.5, 0.6) is 11.5 Å². The number of benzene rings is 2. The largest absolute Gasteiger partial charge is 0.493 e. The lowest BCUT2D eigenvalue weighted by molar-refractivity contribution is -0.114. The Morgan fingerprint density at radius 2 is 1.90 bits per heavy atom. The Balaban J connectivity index is 0.000000785. The number of guanidine groups is 1. The highest BCUT2D eigenvalue weighted by atomic mass is 19.3. The summed E-state index contributed by atoms with van der Waals surface area (Å²) in [6.45, 7) is 4.10. The van der Waals surface area contributed by atoms with Crippen molar-refractivity contribution < 1.29 is 23.0 Å². The van der Waals surface area contributed by atoms with Crippen molar-refractivity contribution in [3.8, 4) is 22.6 Å². The van der Waals surface area contributed by atoms with Crippen molar-refractivity contribution in [1.82, 2.24) is 4.90 Å². The quantitative estimate of drug-likeness (QED) is 0.416. The van der Waals surface area contributed by atoms with Gasteiger partial charge in [0.2, 0.25) is 6.41 Å². The number of aliphatic imine (C=N–C) groups is 1. The SMILES string of the molecule is CC(C)C.CN(C=O)C(N)=NC1CCOc2ccc(-c3cccc(OC(F)F)c3)cc21. The van der Waals surface area contributed by atoms with E-state index >= 15 is 0 Å². The van der Waals surface area contributed by atoms with Gasteiger partial charge < -0.3 is 15.2 Å². The molecule has 1 aliphatic rings. The Hall–Kier alpha value is -3.16. The normalized spacial score (nSPS) is 15.5. The van der Waals surface area contributed by atoms with E-state index in [0.29, 0.717) is 25.2 Å². The summed E-state index contributed by atoms with van der Waals surface area (Å²) in [7, 11) is 1.52. The van der Waals surface area contributed by atoms with Gasteiger partial charge in [-0.2, -0.15) is 8.78 Å². The Morgan fingerprint density at radius 3 is 2.55 bits per heavy atom. The van der Waals surface area contributed by atoms with E-state index in [-0.39, 0.29) is 17.8 Å². The number of amides is 1. The standard InChI is InChI=1S/C19H19F2N3O3.C4H10/c1-24(11-25)19(22)23-16-7-8-26-17-6-5-13(10-15(16)17)12-3-2-4-14(9-12)27-18(20)21;1-4(2)3/h2-6,9-11,16,18H,7-8H2,1H3,(H2,22,23);4H,1-3H3. The van der Waals surface area contributed by atoms with Crippen molar-refractivity contribution in [2.75, 3.05) is 13.7 Å². The number of hydrogen-bond acceptors (Lipinski definition) is 4. The number of halogens is 2. The van der Waals surface area contributed by atoms with Gasteiger partial charge in [-0.1, -0.05) is 39.0 Å². The summed E-state index contributed by atoms with van der Waals surface area (Å²) in [5, 5.41) is 0. The fourth-order valence-electron chi connectivity index (χ4n) is 2.85. The molecule has 168 valence electrons. The molecule has 0 radical (unpaired) electrons. The molecule has 0 fully saturated rings. The maximum absolute atomic E-state index is 12.5. The molecule has 1 aliphatic heterocycles. The van der Waals surface area contributed by atoms with Gasteiger partial charge in [-0.05, 0) is 41.3 Å². The minimum absolute atomic E-state index is 0.0860. The number of ether oxygens (including phenoxy) is 2. The van der Waals surface area contributed by atoms with Crippen LogP contribution in [0.1, 0.15) is 38.8 Å². The zero-order chi connectivity index (χ0) is 23.0. The molecule has 0 aliphatic carbocycles. The summed E-state index contributed by atoms with van der Waals surface area (Å²) in [6, 6.07) is 11.7. The predicted octanol–water partition coefficient (Wildman–Crippen LogP) is 4.84. The van der Waals surface area contributed by atoms with Crippen LogP contribution in [0, 0.1) is 5.92 Å². The van der Waals surface area contributed by atoms with Gasteiger partial charge in [0.15, 0.2) is 5.96 Å². The molecule has 1 heterocycles. The summed E-state index contributed by atoms with van der Waals surface area (Å²) >= 11 is 0. The zero-order valence-electron chi connectivity index (χ0n) is 18.2. The number of rotatable bonds is 5. The molecule has 0 spiro atoms. The van der Waals surface area contributed by atoms with Gasteiger partial charge in [0.25, 0.3) is 0 Å². The molecule has 2 aromatic rings. The molecule has 1 atom stereocenters. The first-order valence-electron chi connectivity index (χ1n) is 10.0. The minimum atomic E-state index is -2.88. The van der Waals surface area contributed by atoms with Crippen molar-refractivity contribution in [2.45, 2.75) is 39.8 Å². The van der Waals surface area contributed by atoms with Crippen LogP contribution in [0.25, 0.3) is 11.1 Å². The summed E-state index contributed by atoms with van der Waals surface area (Å²) in [5.74, 6) is 1.71. The second-order valence-electron chi connectivity index (χ2n) is 7.75. The lowest BCUT2D eigenvalue weighted by Crippen LogP contribution is -2.33. The van der Waals surface area contributed by atoms with Crippen LogP contribution < -0.4 is 15.2 Å². The summed E-state index contributed by atoms with van der Waals surface area (Å²) < 4.78 is 35.0. The number of nitrogens with two attached hydrogens (primary N) is 1. The lowest BCUT2D eigenvalue weighted by atomic mass is 9.96. The van der Waals surface area contributed by atoms with Crippen LogP contribution in [0.3, 0.4) is 0 Å². The molecular formula is C23H29F2N3O3. The van der Waals surface area contributed by atoms with E-state index in [1.54, 1.807) is 18.2 Å². The van der Waals surface area contributed by atoms with Crippen molar-refractivity contribution in [2.24, 2.45) is 16.6 Å². The second kappa shape index (κ2) is 11.3. The van der Waals surface area contributed by atoms with Gasteiger partial charge in [-0.25, -0.2) is 4.99 Å². The van der Waals surface area contributed by atoms with Gasteiger partial charge in [0, 0.05) is 19.0 Å². The van der Waals surface area contributed by atoms with Crippen LogP contribution in [-0.2, 0) is 4.79 Å². The van der Waals surface area contributed by atoms with Crippen molar-refractivity contribution >= 4 is 12.4 Å². The van der Waals surface area contributed by atoms with Gasteiger partial charge in [0.05, 0.1) is 12.6 Å². The van der Waals surface area contributed by atoms with E-state index < -0.39 is 6.61 Å². The van der Waals surface area contributed by atoms with Crippen molar-refractivity contribution in [3.63, 3.8) is 0 Å². The zero-order valence-corrected chi connectivity index (χ0v) is 18.2. The van der Waals surface area contributed by atoms with Crippen LogP contribution >= 0.6 is 0 Å². The number of alkyl halides is 2. The van der Waals surface area contributed by atoms with Gasteiger partial charge in [0.1, 0.15) is 11.5 Å². The Bertz CT molecular complexity index is 901. The number of carbonyl (C=O) groups is 1. The Morgan fingerprint density at radius 1 is 1.23 bits per heavy atom. The maximum Gasteiger partial charge on any atom is 0.387 e. The highest BCUT2D eigenvalue weighted by Crippen LogP contribution is 2.38. The van der Waals surface area contributed by atoms with Gasteiger partial charge >= 0.3 is 6.61 Å². The van der Waals surface area contributed by atoms with E-state index in [4.69, 9.17) is 10.5 Å². The second-order valence-corrected chi connectivity index (χ2v) is 7.75. The molecule has 3 rings (SSSR count). The first kappa shape index (κ1) is 24.1. The van der Waals surface area contributed by atoms with Crippen molar-refractivity contribution in [1.29, 1.82) is 0 Å². The molecule has 0 saturated carbocycles. The molecule has 0 saturated heterocycles. The number of hydrogen-bond donors (Lipinski definition) is 1. The summed E-state index contributed by atoms with van der Waals surface area (Å²) in [4.78, 5) is 16.5. The van der Waals surface area contributed by atoms with E-state index in [0.717, 1.165) is 22.6 Å². The lowest BCUT2D eigenvalue weighted by Gasteiger charge is -2.25. The molecule has 6 nitrogen and oxygen atoms in total. The molecule has 2 aromatic carbocycles. The monoisotopic (exact) mass is 433 g/mol. The molecule has 1 amide bonds. The van der Waals surface area contributed by atoms with Crippen molar-refractivity contribution in [3.05, 3.63) is 48.0 Å². The third-order valence-electron chi connectivity index (χ3n) is 4.22. The van der Waals surface area contributed by atoms with Crippen LogP contribution in [0.2, 0.25) is 0 Å². The minimum Gasteiger partial charge on any atom is -0.493 e. The first-order chi connectivity index (χ1) is 14.7. The van der Waals surface area contributed by atoms with Crippen LogP contribution in [0.15, 0.2) is 47.5 Å². The average molecular weight is 433 g/mol. The summed E-state index contributed by atoms with van der Waals surface area (Å²) in [6.07, 6.45) is 1.20. The van der Waals surface area contributed by atoms with Gasteiger partial charge in [-0.3, -0.25) is 9.69 Å².